The number of nitrogens with zero attached hydrogens (tertiary/aromatic N) is 1. The van der Waals surface area contributed by atoms with E-state index in [4.69, 9.17) is 0 Å². The smallest absolute Gasteiger partial charge is 0.336 e. The Morgan fingerprint density at radius 3 is 2.24 bits per heavy atom. The van der Waals surface area contributed by atoms with Crippen LogP contribution < -0.4 is 0 Å². The molecule has 1 aromatic carbocycles. The van der Waals surface area contributed by atoms with Crippen molar-refractivity contribution in [3.05, 3.63) is 35.4 Å². The minimum Gasteiger partial charge on any atom is -0.478 e. The van der Waals surface area contributed by atoms with Crippen LogP contribution in [0, 0.1) is 11.8 Å². The summed E-state index contributed by atoms with van der Waals surface area (Å²) in [6.45, 7) is 2.34. The highest BCUT2D eigenvalue weighted by Crippen LogP contribution is 2.37. The Hall–Kier alpha value is -1.43. The van der Waals surface area contributed by atoms with Crippen LogP contribution in [0.15, 0.2) is 24.3 Å². The lowest BCUT2D eigenvalue weighted by Crippen LogP contribution is -2.38. The molecule has 0 aromatic heterocycles. The second-order valence-electron chi connectivity index (χ2n) is 6.28. The van der Waals surface area contributed by atoms with Gasteiger partial charge in [-0.1, -0.05) is 18.2 Å². The lowest BCUT2D eigenvalue weighted by molar-refractivity contribution is -0.0372. The number of carbonyl (C=O) groups is 1. The minimum absolute atomic E-state index is 0.354. The maximum atomic E-state index is 11.2. The number of hydrogen-bond donors (Lipinski definition) is 3. The molecule has 5 nitrogen and oxygen atoms in total. The Labute approximate surface area is 123 Å². The van der Waals surface area contributed by atoms with E-state index in [0.717, 1.165) is 18.7 Å². The van der Waals surface area contributed by atoms with Crippen LogP contribution in [0.1, 0.15) is 28.8 Å². The van der Waals surface area contributed by atoms with Gasteiger partial charge in [0.25, 0.3) is 0 Å². The maximum absolute atomic E-state index is 11.2. The predicted octanol–water partition coefficient (Wildman–Crippen LogP) is 0.948. The lowest BCUT2D eigenvalue weighted by atomic mass is 9.79. The molecule has 4 atom stereocenters. The first kappa shape index (κ1) is 14.5. The third-order valence-corrected chi connectivity index (χ3v) is 4.83. The summed E-state index contributed by atoms with van der Waals surface area (Å²) in [5.41, 5.74) is 1.18. The fourth-order valence-corrected chi connectivity index (χ4v) is 3.74. The fraction of sp³-hybridized carbons (Fsp3) is 0.562. The number of likely N-dealkylation sites (tertiary alicyclic amines) is 1. The summed E-state index contributed by atoms with van der Waals surface area (Å²) in [6, 6.07) is 7.09. The first-order chi connectivity index (χ1) is 10.0. The molecular weight excluding hydrogens is 270 g/mol. The van der Waals surface area contributed by atoms with Crippen molar-refractivity contribution in [3.8, 4) is 0 Å². The van der Waals surface area contributed by atoms with Gasteiger partial charge in [-0.05, 0) is 36.3 Å². The second kappa shape index (κ2) is 5.75. The normalized spacial score (nSPS) is 32.9. The summed E-state index contributed by atoms with van der Waals surface area (Å²) >= 11 is 0. The number of carboxylic acid groups (broad SMARTS) is 1. The number of aliphatic hydroxyl groups is 2. The van der Waals surface area contributed by atoms with Gasteiger partial charge in [0.2, 0.25) is 0 Å². The lowest BCUT2D eigenvalue weighted by Gasteiger charge is -2.32. The number of hydrogen-bond acceptors (Lipinski definition) is 4. The molecule has 3 N–H and O–H groups in total. The third kappa shape index (κ3) is 2.95. The molecule has 4 unspecified atom stereocenters. The molecule has 1 saturated heterocycles. The van der Waals surface area contributed by atoms with Crippen molar-refractivity contribution in [1.82, 2.24) is 4.90 Å². The summed E-state index contributed by atoms with van der Waals surface area (Å²) in [5, 5.41) is 28.8. The first-order valence-corrected chi connectivity index (χ1v) is 7.44. The molecule has 2 aliphatic rings. The summed E-state index contributed by atoms with van der Waals surface area (Å²) in [7, 11) is 0. The topological polar surface area (TPSA) is 81.0 Å². The number of aromatic carboxylic acids is 1. The summed E-state index contributed by atoms with van der Waals surface area (Å²) in [5.74, 6) is -0.0890. The predicted molar refractivity (Wildman–Crippen MR) is 76.9 cm³/mol. The van der Waals surface area contributed by atoms with E-state index in [2.05, 4.69) is 4.90 Å². The standard InChI is InChI=1S/C16H21NO4/c18-14-5-11-8-17(9-12(11)6-15(14)19)7-10-3-1-2-4-13(10)16(20)21/h1-4,11-12,14-15,18-19H,5-9H2,(H,20,21). The Bertz CT molecular complexity index is 515. The summed E-state index contributed by atoms with van der Waals surface area (Å²) in [6.07, 6.45) is 0.0567. The average molecular weight is 291 g/mol. The largest absolute Gasteiger partial charge is 0.478 e. The highest BCUT2D eigenvalue weighted by molar-refractivity contribution is 5.89. The zero-order valence-electron chi connectivity index (χ0n) is 11.9. The molecule has 21 heavy (non-hydrogen) atoms. The average Bonchev–Trinajstić information content (AvgIpc) is 2.81. The number of carboxylic acids is 1. The Balaban J connectivity index is 1.69. The molecule has 0 radical (unpaired) electrons. The monoisotopic (exact) mass is 291 g/mol. The zero-order valence-corrected chi connectivity index (χ0v) is 11.9. The fourth-order valence-electron chi connectivity index (χ4n) is 3.74. The van der Waals surface area contributed by atoms with Crippen LogP contribution in [0.25, 0.3) is 0 Å². The Morgan fingerprint density at radius 2 is 1.67 bits per heavy atom. The quantitative estimate of drug-likeness (QED) is 0.772. The van der Waals surface area contributed by atoms with E-state index in [1.54, 1.807) is 12.1 Å². The molecule has 3 rings (SSSR count). The molecular formula is C16H21NO4. The highest BCUT2D eigenvalue weighted by atomic mass is 16.4. The van der Waals surface area contributed by atoms with Gasteiger partial charge in [-0.2, -0.15) is 0 Å². The van der Waals surface area contributed by atoms with Crippen LogP contribution >= 0.6 is 0 Å². The first-order valence-electron chi connectivity index (χ1n) is 7.44. The van der Waals surface area contributed by atoms with Crippen molar-refractivity contribution in [3.63, 3.8) is 0 Å². The Morgan fingerprint density at radius 1 is 1.10 bits per heavy atom. The van der Waals surface area contributed by atoms with Crippen LogP contribution in [0.4, 0.5) is 0 Å². The number of aliphatic hydroxyl groups excluding tert-OH is 2. The number of fused-ring (bicyclic) bond motifs is 1. The molecule has 1 aliphatic carbocycles. The molecule has 114 valence electrons. The van der Waals surface area contributed by atoms with Gasteiger partial charge in [-0.25, -0.2) is 4.79 Å². The van der Waals surface area contributed by atoms with Gasteiger partial charge in [0, 0.05) is 19.6 Å². The molecule has 0 bridgehead atoms. The third-order valence-electron chi connectivity index (χ3n) is 4.83. The van der Waals surface area contributed by atoms with Gasteiger partial charge in [-0.3, -0.25) is 4.90 Å². The molecule has 1 aliphatic heterocycles. The van der Waals surface area contributed by atoms with Crippen LogP contribution in [0.3, 0.4) is 0 Å². The molecule has 1 aromatic rings. The van der Waals surface area contributed by atoms with Crippen molar-refractivity contribution in [2.24, 2.45) is 11.8 Å². The van der Waals surface area contributed by atoms with E-state index in [1.807, 2.05) is 12.1 Å². The summed E-state index contributed by atoms with van der Waals surface area (Å²) < 4.78 is 0. The highest BCUT2D eigenvalue weighted by Gasteiger charge is 2.41. The van der Waals surface area contributed by atoms with Gasteiger partial charge in [0.1, 0.15) is 0 Å². The van der Waals surface area contributed by atoms with E-state index < -0.39 is 18.2 Å². The van der Waals surface area contributed by atoms with Crippen LogP contribution in [0.2, 0.25) is 0 Å². The van der Waals surface area contributed by atoms with E-state index in [1.165, 1.54) is 0 Å². The van der Waals surface area contributed by atoms with Crippen molar-refractivity contribution in [2.45, 2.75) is 31.6 Å². The van der Waals surface area contributed by atoms with Crippen molar-refractivity contribution >= 4 is 5.97 Å². The van der Waals surface area contributed by atoms with Gasteiger partial charge < -0.3 is 15.3 Å². The molecule has 2 fully saturated rings. The molecule has 5 heteroatoms. The number of benzene rings is 1. The van der Waals surface area contributed by atoms with E-state index in [9.17, 15) is 20.1 Å². The van der Waals surface area contributed by atoms with Gasteiger partial charge in [0.15, 0.2) is 0 Å². The van der Waals surface area contributed by atoms with E-state index in [-0.39, 0.29) is 0 Å². The Kier molecular flexibility index (Phi) is 3.97. The number of rotatable bonds is 3. The molecule has 0 amide bonds. The van der Waals surface area contributed by atoms with Crippen molar-refractivity contribution < 1.29 is 20.1 Å². The zero-order chi connectivity index (χ0) is 15.0. The van der Waals surface area contributed by atoms with Gasteiger partial charge in [-0.15, -0.1) is 0 Å². The SMILES string of the molecule is O=C(O)c1ccccc1CN1CC2CC(O)C(O)CC2C1. The second-order valence-corrected chi connectivity index (χ2v) is 6.28. The molecule has 1 heterocycles. The molecule has 1 saturated carbocycles. The van der Waals surface area contributed by atoms with E-state index >= 15 is 0 Å². The maximum Gasteiger partial charge on any atom is 0.336 e. The minimum atomic E-state index is -0.895. The van der Waals surface area contributed by atoms with Crippen molar-refractivity contribution in [1.29, 1.82) is 0 Å². The van der Waals surface area contributed by atoms with Crippen LogP contribution in [-0.2, 0) is 6.54 Å². The van der Waals surface area contributed by atoms with Crippen LogP contribution in [-0.4, -0.2) is 51.5 Å². The van der Waals surface area contributed by atoms with Gasteiger partial charge in [0.05, 0.1) is 17.8 Å². The van der Waals surface area contributed by atoms with Gasteiger partial charge >= 0.3 is 5.97 Å². The van der Waals surface area contributed by atoms with Crippen LogP contribution in [0.5, 0.6) is 0 Å². The van der Waals surface area contributed by atoms with E-state index in [0.29, 0.717) is 36.8 Å². The molecule has 0 spiro atoms. The van der Waals surface area contributed by atoms with Crippen molar-refractivity contribution in [2.75, 3.05) is 13.1 Å². The summed E-state index contributed by atoms with van der Waals surface area (Å²) in [4.78, 5) is 13.5.